The number of aliphatic carboxylic acids is 1. The molecule has 1 aromatic carbocycles. The van der Waals surface area contributed by atoms with Crippen LogP contribution in [0.5, 0.6) is 0 Å². The Morgan fingerprint density at radius 1 is 1.26 bits per heavy atom. The van der Waals surface area contributed by atoms with Crippen molar-refractivity contribution in [2.24, 2.45) is 11.8 Å². The van der Waals surface area contributed by atoms with Crippen LogP contribution in [0.25, 0.3) is 0 Å². The molecule has 23 heavy (non-hydrogen) atoms. The topological polar surface area (TPSA) is 80.7 Å². The standard InChI is InChI=1S/C16H16Cl2O5/c1-2-9(6-14(19)20)23-16(22)11-7-10(11)15(21)8-3-4-12(17)13(18)5-8/h3-5,9-11H,2,6-7H2,1H3,(H,19,20)/t9?,10-,11-/m0/s1. The summed E-state index contributed by atoms with van der Waals surface area (Å²) in [5, 5.41) is 9.39. The summed E-state index contributed by atoms with van der Waals surface area (Å²) in [6.45, 7) is 1.74. The molecular formula is C16H16Cl2O5. The summed E-state index contributed by atoms with van der Waals surface area (Å²) in [6, 6.07) is 4.58. The molecule has 5 nitrogen and oxygen atoms in total. The zero-order chi connectivity index (χ0) is 17.1. The number of carbonyl (C=O) groups is 3. The minimum absolute atomic E-state index is 0.184. The van der Waals surface area contributed by atoms with Gasteiger partial charge in [0, 0.05) is 11.5 Å². The molecule has 0 spiro atoms. The predicted molar refractivity (Wildman–Crippen MR) is 84.8 cm³/mol. The lowest BCUT2D eigenvalue weighted by molar-refractivity contribution is -0.154. The van der Waals surface area contributed by atoms with Gasteiger partial charge in [-0.15, -0.1) is 0 Å². The molecule has 0 aliphatic heterocycles. The van der Waals surface area contributed by atoms with E-state index in [1.165, 1.54) is 12.1 Å². The maximum absolute atomic E-state index is 12.3. The van der Waals surface area contributed by atoms with Crippen LogP contribution in [0, 0.1) is 11.8 Å². The van der Waals surface area contributed by atoms with Crippen molar-refractivity contribution in [3.8, 4) is 0 Å². The Morgan fingerprint density at radius 3 is 2.52 bits per heavy atom. The lowest BCUT2D eigenvalue weighted by Crippen LogP contribution is -2.22. The van der Waals surface area contributed by atoms with Crippen LogP contribution in [0.15, 0.2) is 18.2 Å². The van der Waals surface area contributed by atoms with Gasteiger partial charge in [0.05, 0.1) is 22.4 Å². The number of hydrogen-bond acceptors (Lipinski definition) is 4. The molecule has 1 aliphatic carbocycles. The first-order valence-electron chi connectivity index (χ1n) is 7.25. The average molecular weight is 359 g/mol. The number of halogens is 2. The summed E-state index contributed by atoms with van der Waals surface area (Å²) < 4.78 is 5.17. The van der Waals surface area contributed by atoms with E-state index in [0.29, 0.717) is 23.4 Å². The number of rotatable bonds is 7. The molecule has 1 unspecified atom stereocenters. The number of ether oxygens (including phenoxy) is 1. The third kappa shape index (κ3) is 4.45. The van der Waals surface area contributed by atoms with Crippen LogP contribution in [-0.2, 0) is 14.3 Å². The Bertz CT molecular complexity index is 643. The van der Waals surface area contributed by atoms with Crippen molar-refractivity contribution < 1.29 is 24.2 Å². The number of carboxylic acids is 1. The highest BCUT2D eigenvalue weighted by atomic mass is 35.5. The Labute approximate surface area is 143 Å². The molecule has 0 aromatic heterocycles. The summed E-state index contributed by atoms with van der Waals surface area (Å²) in [4.78, 5) is 35.0. The Hall–Kier alpha value is -1.59. The lowest BCUT2D eigenvalue weighted by Gasteiger charge is -2.13. The first-order chi connectivity index (χ1) is 10.8. The number of esters is 1. The van der Waals surface area contributed by atoms with E-state index in [1.807, 2.05) is 0 Å². The molecule has 0 saturated heterocycles. The third-order valence-corrected chi connectivity index (χ3v) is 4.51. The van der Waals surface area contributed by atoms with E-state index in [9.17, 15) is 14.4 Å². The minimum Gasteiger partial charge on any atom is -0.481 e. The van der Waals surface area contributed by atoms with E-state index in [0.717, 1.165) is 0 Å². The lowest BCUT2D eigenvalue weighted by atomic mass is 10.1. The van der Waals surface area contributed by atoms with Gasteiger partial charge in [-0.25, -0.2) is 0 Å². The minimum atomic E-state index is -1.02. The molecule has 2 rings (SSSR count). The van der Waals surface area contributed by atoms with Crippen LogP contribution in [0.2, 0.25) is 10.0 Å². The molecular weight excluding hydrogens is 343 g/mol. The molecule has 124 valence electrons. The van der Waals surface area contributed by atoms with Gasteiger partial charge < -0.3 is 9.84 Å². The maximum atomic E-state index is 12.3. The van der Waals surface area contributed by atoms with E-state index >= 15 is 0 Å². The van der Waals surface area contributed by atoms with Crippen molar-refractivity contribution in [2.75, 3.05) is 0 Å². The van der Waals surface area contributed by atoms with Gasteiger partial charge in [0.25, 0.3) is 0 Å². The fourth-order valence-corrected chi connectivity index (χ4v) is 2.62. The summed E-state index contributed by atoms with van der Waals surface area (Å²) >= 11 is 11.7. The van der Waals surface area contributed by atoms with E-state index < -0.39 is 29.9 Å². The molecule has 0 amide bonds. The average Bonchev–Trinajstić information content (AvgIpc) is 3.28. The molecule has 0 radical (unpaired) electrons. The Kier molecular flexibility index (Phi) is 5.65. The molecule has 1 N–H and O–H groups in total. The van der Waals surface area contributed by atoms with E-state index in [4.69, 9.17) is 33.0 Å². The van der Waals surface area contributed by atoms with Gasteiger partial charge in [-0.3, -0.25) is 14.4 Å². The fraction of sp³-hybridized carbons (Fsp3) is 0.438. The number of carbonyl (C=O) groups excluding carboxylic acids is 2. The first-order valence-corrected chi connectivity index (χ1v) is 8.00. The zero-order valence-electron chi connectivity index (χ0n) is 12.4. The molecule has 0 heterocycles. The molecule has 3 atom stereocenters. The van der Waals surface area contributed by atoms with Crippen molar-refractivity contribution in [3.05, 3.63) is 33.8 Å². The molecule has 1 saturated carbocycles. The number of ketones is 1. The van der Waals surface area contributed by atoms with Crippen molar-refractivity contribution in [1.29, 1.82) is 0 Å². The van der Waals surface area contributed by atoms with Crippen molar-refractivity contribution in [1.82, 2.24) is 0 Å². The summed E-state index contributed by atoms with van der Waals surface area (Å²) in [5.41, 5.74) is 0.400. The van der Waals surface area contributed by atoms with Crippen molar-refractivity contribution in [2.45, 2.75) is 32.3 Å². The van der Waals surface area contributed by atoms with Crippen molar-refractivity contribution in [3.63, 3.8) is 0 Å². The summed E-state index contributed by atoms with van der Waals surface area (Å²) in [7, 11) is 0. The molecule has 1 fully saturated rings. The number of benzene rings is 1. The molecule has 1 aliphatic rings. The van der Waals surface area contributed by atoms with E-state index in [-0.39, 0.29) is 17.2 Å². The predicted octanol–water partition coefficient (Wildman–Crippen LogP) is 3.61. The smallest absolute Gasteiger partial charge is 0.309 e. The van der Waals surface area contributed by atoms with Crippen LogP contribution in [-0.4, -0.2) is 28.9 Å². The van der Waals surface area contributed by atoms with Crippen LogP contribution < -0.4 is 0 Å². The van der Waals surface area contributed by atoms with Gasteiger partial charge in [0.2, 0.25) is 0 Å². The third-order valence-electron chi connectivity index (χ3n) is 3.77. The zero-order valence-corrected chi connectivity index (χ0v) is 13.9. The van der Waals surface area contributed by atoms with Crippen LogP contribution in [0.1, 0.15) is 36.5 Å². The number of carboxylic acid groups (broad SMARTS) is 1. The molecule has 0 bridgehead atoms. The summed E-state index contributed by atoms with van der Waals surface area (Å²) in [5.74, 6) is -2.68. The van der Waals surface area contributed by atoms with Gasteiger partial charge in [0.1, 0.15) is 6.10 Å². The van der Waals surface area contributed by atoms with E-state index in [1.54, 1.807) is 13.0 Å². The van der Waals surface area contributed by atoms with Crippen LogP contribution >= 0.6 is 23.2 Å². The second-order valence-corrected chi connectivity index (χ2v) is 6.32. The normalized spacial score (nSPS) is 20.7. The van der Waals surface area contributed by atoms with Crippen molar-refractivity contribution >= 4 is 40.9 Å². The van der Waals surface area contributed by atoms with Gasteiger partial charge >= 0.3 is 11.9 Å². The largest absolute Gasteiger partial charge is 0.481 e. The van der Waals surface area contributed by atoms with Crippen LogP contribution in [0.3, 0.4) is 0 Å². The van der Waals surface area contributed by atoms with Gasteiger partial charge in [0.15, 0.2) is 5.78 Å². The Morgan fingerprint density at radius 2 is 1.96 bits per heavy atom. The SMILES string of the molecule is CCC(CC(=O)O)OC(=O)[C@H]1C[C@@H]1C(=O)c1ccc(Cl)c(Cl)c1. The number of Topliss-reactive ketones (excluding diaryl/α,β-unsaturated/α-hetero) is 1. The highest BCUT2D eigenvalue weighted by Gasteiger charge is 2.49. The van der Waals surface area contributed by atoms with Crippen LogP contribution in [0.4, 0.5) is 0 Å². The molecule has 7 heteroatoms. The second-order valence-electron chi connectivity index (χ2n) is 5.51. The van der Waals surface area contributed by atoms with Gasteiger partial charge in [-0.1, -0.05) is 30.1 Å². The second kappa shape index (κ2) is 7.32. The quantitative estimate of drug-likeness (QED) is 0.594. The van der Waals surface area contributed by atoms with Gasteiger partial charge in [-0.2, -0.15) is 0 Å². The molecule has 1 aromatic rings. The first kappa shape index (κ1) is 17.8. The highest BCUT2D eigenvalue weighted by molar-refractivity contribution is 6.42. The number of hydrogen-bond donors (Lipinski definition) is 1. The maximum Gasteiger partial charge on any atom is 0.309 e. The summed E-state index contributed by atoms with van der Waals surface area (Å²) in [6.07, 6.45) is -0.0841. The van der Waals surface area contributed by atoms with Gasteiger partial charge in [-0.05, 0) is 31.0 Å². The van der Waals surface area contributed by atoms with E-state index in [2.05, 4.69) is 0 Å². The monoisotopic (exact) mass is 358 g/mol. The fourth-order valence-electron chi connectivity index (χ4n) is 2.32. The Balaban J connectivity index is 1.95. The highest BCUT2D eigenvalue weighted by Crippen LogP contribution is 2.42.